The third-order valence-electron chi connectivity index (χ3n) is 3.74. The summed E-state index contributed by atoms with van der Waals surface area (Å²) in [4.78, 5) is 14.3. The number of rotatable bonds is 2. The van der Waals surface area contributed by atoms with Gasteiger partial charge in [-0.05, 0) is 38.0 Å². The quantitative estimate of drug-likeness (QED) is 0.863. The monoisotopic (exact) mass is 289 g/mol. The van der Waals surface area contributed by atoms with E-state index in [1.807, 2.05) is 13.0 Å². The lowest BCUT2D eigenvalue weighted by Gasteiger charge is -2.22. The van der Waals surface area contributed by atoms with E-state index >= 15 is 0 Å². The van der Waals surface area contributed by atoms with Gasteiger partial charge < -0.3 is 15.2 Å². The number of nitrogens with two attached hydrogens (primary N) is 1. The molecule has 0 bridgehead atoms. The van der Waals surface area contributed by atoms with Crippen LogP contribution in [-0.2, 0) is 0 Å². The molecule has 1 aliphatic rings. The van der Waals surface area contributed by atoms with E-state index in [1.165, 1.54) is 12.1 Å². The van der Waals surface area contributed by atoms with Crippen molar-refractivity contribution < 1.29 is 13.7 Å². The number of halogens is 1. The molecule has 1 unspecified atom stereocenters. The number of aromatic nitrogens is 1. The van der Waals surface area contributed by atoms with Crippen LogP contribution in [0.3, 0.4) is 0 Å². The number of amides is 1. The Morgan fingerprint density at radius 3 is 2.95 bits per heavy atom. The summed E-state index contributed by atoms with van der Waals surface area (Å²) in [6.07, 6.45) is 1.70. The molecule has 2 aromatic rings. The molecule has 2 N–H and O–H groups in total. The number of nitrogen functional groups attached to an aromatic ring is 1. The van der Waals surface area contributed by atoms with Gasteiger partial charge in [0, 0.05) is 18.2 Å². The van der Waals surface area contributed by atoms with E-state index in [1.54, 1.807) is 11.0 Å². The highest BCUT2D eigenvalue weighted by molar-refractivity contribution is 5.95. The van der Waals surface area contributed by atoms with Crippen LogP contribution in [0.1, 0.15) is 40.7 Å². The molecule has 3 rings (SSSR count). The Hall–Kier alpha value is -2.37. The van der Waals surface area contributed by atoms with Crippen molar-refractivity contribution in [3.8, 4) is 0 Å². The standard InChI is InChI=1S/C15H16FN3O2/c1-9-7-14(21-18-9)13-3-2-6-19(13)15(20)10-4-5-12(17)11(16)8-10/h4-5,7-8,13H,2-3,6,17H2,1H3. The second kappa shape index (κ2) is 5.20. The fraction of sp³-hybridized carbons (Fsp3) is 0.333. The van der Waals surface area contributed by atoms with Gasteiger partial charge in [-0.25, -0.2) is 4.39 Å². The highest BCUT2D eigenvalue weighted by Gasteiger charge is 2.33. The Kier molecular flexibility index (Phi) is 3.37. The first-order valence-corrected chi connectivity index (χ1v) is 6.85. The van der Waals surface area contributed by atoms with Gasteiger partial charge in [0.2, 0.25) is 0 Å². The van der Waals surface area contributed by atoms with E-state index in [-0.39, 0.29) is 17.6 Å². The number of hydrogen-bond donors (Lipinski definition) is 1. The second-order valence-corrected chi connectivity index (χ2v) is 5.26. The summed E-state index contributed by atoms with van der Waals surface area (Å²) >= 11 is 0. The molecule has 1 saturated heterocycles. The topological polar surface area (TPSA) is 72.4 Å². The van der Waals surface area contributed by atoms with E-state index < -0.39 is 5.82 Å². The smallest absolute Gasteiger partial charge is 0.254 e. The number of likely N-dealkylation sites (tertiary alicyclic amines) is 1. The van der Waals surface area contributed by atoms with Crippen LogP contribution in [0, 0.1) is 12.7 Å². The van der Waals surface area contributed by atoms with Gasteiger partial charge >= 0.3 is 0 Å². The van der Waals surface area contributed by atoms with Crippen molar-refractivity contribution in [2.75, 3.05) is 12.3 Å². The maximum Gasteiger partial charge on any atom is 0.254 e. The van der Waals surface area contributed by atoms with Crippen LogP contribution in [0.2, 0.25) is 0 Å². The summed E-state index contributed by atoms with van der Waals surface area (Å²) in [7, 11) is 0. The van der Waals surface area contributed by atoms with Crippen molar-refractivity contribution in [2.24, 2.45) is 0 Å². The molecule has 1 aliphatic heterocycles. The predicted octanol–water partition coefficient (Wildman–Crippen LogP) is 2.68. The number of aryl methyl sites for hydroxylation is 1. The van der Waals surface area contributed by atoms with Crippen molar-refractivity contribution in [3.63, 3.8) is 0 Å². The van der Waals surface area contributed by atoms with Crippen molar-refractivity contribution >= 4 is 11.6 Å². The molecule has 1 amide bonds. The summed E-state index contributed by atoms with van der Waals surface area (Å²) in [6.45, 7) is 2.46. The first-order chi connectivity index (χ1) is 10.1. The number of hydrogen-bond acceptors (Lipinski definition) is 4. The van der Waals surface area contributed by atoms with Gasteiger partial charge in [0.15, 0.2) is 5.76 Å². The fourth-order valence-corrected chi connectivity index (χ4v) is 2.67. The minimum Gasteiger partial charge on any atom is -0.396 e. The summed E-state index contributed by atoms with van der Waals surface area (Å²) in [6, 6.07) is 5.83. The van der Waals surface area contributed by atoms with E-state index in [9.17, 15) is 9.18 Å². The van der Waals surface area contributed by atoms with Gasteiger partial charge in [0.05, 0.1) is 17.4 Å². The summed E-state index contributed by atoms with van der Waals surface area (Å²) in [5.74, 6) is -0.119. The first-order valence-electron chi connectivity index (χ1n) is 6.85. The van der Waals surface area contributed by atoms with Gasteiger partial charge in [-0.2, -0.15) is 0 Å². The number of nitrogens with zero attached hydrogens (tertiary/aromatic N) is 2. The highest BCUT2D eigenvalue weighted by atomic mass is 19.1. The van der Waals surface area contributed by atoms with Crippen molar-refractivity contribution in [1.82, 2.24) is 10.1 Å². The minimum absolute atomic E-state index is 0.0374. The van der Waals surface area contributed by atoms with E-state index in [4.69, 9.17) is 10.3 Å². The molecular formula is C15H16FN3O2. The Bertz CT molecular complexity index is 683. The molecule has 1 aromatic heterocycles. The lowest BCUT2D eigenvalue weighted by atomic mass is 10.1. The van der Waals surface area contributed by atoms with Crippen molar-refractivity contribution in [1.29, 1.82) is 0 Å². The van der Waals surface area contributed by atoms with Crippen molar-refractivity contribution in [2.45, 2.75) is 25.8 Å². The zero-order valence-corrected chi connectivity index (χ0v) is 11.7. The maximum absolute atomic E-state index is 13.5. The third-order valence-corrected chi connectivity index (χ3v) is 3.74. The average molecular weight is 289 g/mol. The van der Waals surface area contributed by atoms with Crippen LogP contribution in [-0.4, -0.2) is 22.5 Å². The van der Waals surface area contributed by atoms with Crippen LogP contribution in [0.15, 0.2) is 28.8 Å². The average Bonchev–Trinajstić information content (AvgIpc) is 3.09. The van der Waals surface area contributed by atoms with Crippen molar-refractivity contribution in [3.05, 3.63) is 47.1 Å². The van der Waals surface area contributed by atoms with E-state index in [2.05, 4.69) is 5.16 Å². The number of carbonyl (C=O) groups is 1. The predicted molar refractivity (Wildman–Crippen MR) is 75.1 cm³/mol. The van der Waals surface area contributed by atoms with Gasteiger partial charge in [0.1, 0.15) is 5.82 Å². The first kappa shape index (κ1) is 13.6. The summed E-state index contributed by atoms with van der Waals surface area (Å²) in [5.41, 5.74) is 6.55. The minimum atomic E-state index is -0.577. The van der Waals surface area contributed by atoms with Gasteiger partial charge in [0.25, 0.3) is 5.91 Å². The largest absolute Gasteiger partial charge is 0.396 e. The molecule has 2 heterocycles. The lowest BCUT2D eigenvalue weighted by molar-refractivity contribution is 0.0714. The maximum atomic E-state index is 13.5. The fourth-order valence-electron chi connectivity index (χ4n) is 2.67. The van der Waals surface area contributed by atoms with Crippen LogP contribution >= 0.6 is 0 Å². The molecule has 0 saturated carbocycles. The second-order valence-electron chi connectivity index (χ2n) is 5.26. The van der Waals surface area contributed by atoms with E-state index in [0.717, 1.165) is 18.5 Å². The molecule has 1 aromatic carbocycles. The Balaban J connectivity index is 1.87. The van der Waals surface area contributed by atoms with Crippen LogP contribution < -0.4 is 5.73 Å². The Labute approximate surface area is 121 Å². The molecule has 0 aliphatic carbocycles. The number of carbonyl (C=O) groups excluding carboxylic acids is 1. The molecule has 6 heteroatoms. The normalized spacial score (nSPS) is 18.2. The lowest BCUT2D eigenvalue weighted by Crippen LogP contribution is -2.30. The molecule has 110 valence electrons. The molecule has 0 spiro atoms. The molecule has 5 nitrogen and oxygen atoms in total. The SMILES string of the molecule is Cc1cc(C2CCCN2C(=O)c2ccc(N)c(F)c2)on1. The number of benzene rings is 1. The highest BCUT2D eigenvalue weighted by Crippen LogP contribution is 2.33. The zero-order valence-electron chi connectivity index (χ0n) is 11.7. The number of anilines is 1. The Morgan fingerprint density at radius 2 is 2.29 bits per heavy atom. The molecule has 1 atom stereocenters. The van der Waals surface area contributed by atoms with Gasteiger partial charge in [-0.3, -0.25) is 4.79 Å². The molecule has 21 heavy (non-hydrogen) atoms. The summed E-state index contributed by atoms with van der Waals surface area (Å²) in [5, 5.41) is 3.86. The van der Waals surface area contributed by atoms with E-state index in [0.29, 0.717) is 17.9 Å². The molecule has 0 radical (unpaired) electrons. The van der Waals surface area contributed by atoms with Gasteiger partial charge in [-0.1, -0.05) is 5.16 Å². The molecule has 1 fully saturated rings. The van der Waals surface area contributed by atoms with Crippen LogP contribution in [0.4, 0.5) is 10.1 Å². The van der Waals surface area contributed by atoms with Crippen LogP contribution in [0.5, 0.6) is 0 Å². The van der Waals surface area contributed by atoms with Gasteiger partial charge in [-0.15, -0.1) is 0 Å². The zero-order chi connectivity index (χ0) is 15.0. The Morgan fingerprint density at radius 1 is 1.48 bits per heavy atom. The van der Waals surface area contributed by atoms with Crippen LogP contribution in [0.25, 0.3) is 0 Å². The molecular weight excluding hydrogens is 273 g/mol. The third kappa shape index (κ3) is 2.49. The summed E-state index contributed by atoms with van der Waals surface area (Å²) < 4.78 is 18.8.